The molecule has 0 aliphatic carbocycles. The van der Waals surface area contributed by atoms with Gasteiger partial charge in [-0.1, -0.05) is 0 Å². The van der Waals surface area contributed by atoms with Gasteiger partial charge >= 0.3 is 17.1 Å². The first-order chi connectivity index (χ1) is 26.4. The van der Waals surface area contributed by atoms with Crippen molar-refractivity contribution in [2.24, 2.45) is 0 Å². The first-order valence-corrected chi connectivity index (χ1v) is 14.6. The standard InChI is InChI=1S/C32F16N8.Mn/c33-9-1-2(10(34)18(42)17(9)41)26-49-25(1)53-27-3-4(12(36)20(44)19(43)11(3)35)29(50-27)55-31-7-8(16(40)24(48)23(47)15(7)39)32(52-31)56-30-6-5(28(51-30)54-26)13(37)21(45)22(46)14(6)38;/q-2;+2. The number of hydrogen-bond donors (Lipinski definition) is 0. The molecule has 1 radical (unpaired) electrons. The fraction of sp³-hybridized carbons (Fsp3) is 0. The Balaban J connectivity index is 0.00000455. The van der Waals surface area contributed by atoms with Crippen LogP contribution in [0, 0.1) is 93.1 Å². The third-order valence-corrected chi connectivity index (χ3v) is 8.55. The second-order valence-electron chi connectivity index (χ2n) is 11.5. The van der Waals surface area contributed by atoms with Crippen molar-refractivity contribution in [1.29, 1.82) is 0 Å². The number of fused-ring (bicyclic) bond motifs is 20. The largest absolute Gasteiger partial charge is 2.00 e. The van der Waals surface area contributed by atoms with E-state index >= 15 is 35.1 Å². The molecule has 2 aliphatic rings. The minimum absolute atomic E-state index is 0. The molecule has 8 nitrogen and oxygen atoms in total. The van der Waals surface area contributed by atoms with Gasteiger partial charge in [-0.2, -0.15) is 0 Å². The SMILES string of the molecule is Fc1c(F)c(F)c2c(c1F)-c1nc-2nc2[n-]c(nc3nc(nc4[n-]c(n1)c1c(F)c(F)c(F)c(F)c41)-c1c(F)c(F)c(F)c(F)c1-3)c1c(F)c(F)c(F)c(F)c21.[Mn+2]. The van der Waals surface area contributed by atoms with Crippen molar-refractivity contribution in [2.45, 2.75) is 0 Å². The maximum Gasteiger partial charge on any atom is 2.00 e. The van der Waals surface area contributed by atoms with Gasteiger partial charge < -0.3 is 29.9 Å². The summed E-state index contributed by atoms with van der Waals surface area (Å²) in [6.07, 6.45) is 0. The maximum absolute atomic E-state index is 15.4. The molecule has 0 saturated heterocycles. The van der Waals surface area contributed by atoms with Crippen molar-refractivity contribution in [3.05, 3.63) is 93.1 Å². The molecule has 2 aliphatic heterocycles. The quantitative estimate of drug-likeness (QED) is 0.0649. The summed E-state index contributed by atoms with van der Waals surface area (Å²) in [7, 11) is 0. The van der Waals surface area contributed by atoms with Gasteiger partial charge in [0.15, 0.2) is 93.1 Å². The van der Waals surface area contributed by atoms with Crippen LogP contribution in [0.2, 0.25) is 0 Å². The molecule has 5 heterocycles. The number of rotatable bonds is 0. The zero-order chi connectivity index (χ0) is 40.1. The normalized spacial score (nSPS) is 12.1. The summed E-state index contributed by atoms with van der Waals surface area (Å²) in [6, 6.07) is 0. The fourth-order valence-corrected chi connectivity index (χ4v) is 6.10. The molecule has 0 saturated carbocycles. The van der Waals surface area contributed by atoms with Crippen molar-refractivity contribution in [2.75, 3.05) is 0 Å². The molecule has 4 aromatic carbocycles. The van der Waals surface area contributed by atoms with E-state index in [1.54, 1.807) is 0 Å². The van der Waals surface area contributed by atoms with E-state index in [0.29, 0.717) is 0 Å². The predicted molar refractivity (Wildman–Crippen MR) is 153 cm³/mol. The van der Waals surface area contributed by atoms with E-state index in [4.69, 9.17) is 0 Å². The van der Waals surface area contributed by atoms with Crippen LogP contribution in [0.4, 0.5) is 70.2 Å². The monoisotopic (exact) mass is 855 g/mol. The minimum atomic E-state index is -2.55. The molecule has 0 atom stereocenters. The van der Waals surface area contributed by atoms with Crippen LogP contribution in [0.15, 0.2) is 0 Å². The van der Waals surface area contributed by atoms with E-state index in [2.05, 4.69) is 39.9 Å². The number of nitrogens with zero attached hydrogens (tertiary/aromatic N) is 8. The second-order valence-corrected chi connectivity index (χ2v) is 11.5. The van der Waals surface area contributed by atoms with E-state index in [1.165, 1.54) is 0 Å². The van der Waals surface area contributed by atoms with Gasteiger partial charge in [-0.3, -0.25) is 0 Å². The van der Waals surface area contributed by atoms with Crippen LogP contribution in [0.5, 0.6) is 0 Å². The van der Waals surface area contributed by atoms with Crippen molar-refractivity contribution in [3.8, 4) is 45.6 Å². The van der Waals surface area contributed by atoms with Crippen LogP contribution >= 0.6 is 0 Å². The topological polar surface area (TPSA) is 106 Å². The van der Waals surface area contributed by atoms with Crippen LogP contribution < -0.4 is 9.97 Å². The van der Waals surface area contributed by atoms with Crippen LogP contribution in [0.25, 0.3) is 89.7 Å². The Morgan fingerprint density at radius 3 is 0.596 bits per heavy atom. The van der Waals surface area contributed by atoms with Gasteiger partial charge in [0.1, 0.15) is 0 Å². The van der Waals surface area contributed by atoms with Crippen molar-refractivity contribution in [3.63, 3.8) is 0 Å². The molecule has 25 heteroatoms. The van der Waals surface area contributed by atoms with E-state index < -0.39 is 183 Å². The van der Waals surface area contributed by atoms with Gasteiger partial charge in [-0.15, -0.1) is 0 Å². The van der Waals surface area contributed by atoms with Crippen molar-refractivity contribution in [1.82, 2.24) is 39.9 Å². The molecule has 287 valence electrons. The third kappa shape index (κ3) is 4.77. The molecular formula is C32F16MnN8. The molecule has 3 aromatic heterocycles. The van der Waals surface area contributed by atoms with Gasteiger partial charge in [0.2, 0.25) is 0 Å². The van der Waals surface area contributed by atoms with Gasteiger partial charge in [-0.05, 0) is 0 Å². The Hall–Kier alpha value is -6.36. The molecule has 0 spiro atoms. The fourth-order valence-electron chi connectivity index (χ4n) is 6.10. The summed E-state index contributed by atoms with van der Waals surface area (Å²) < 4.78 is 240. The van der Waals surface area contributed by atoms with Gasteiger partial charge in [-0.25, -0.2) is 80.2 Å². The Kier molecular flexibility index (Phi) is 8.12. The summed E-state index contributed by atoms with van der Waals surface area (Å²) in [4.78, 5) is 28.3. The first kappa shape index (κ1) is 37.6. The Morgan fingerprint density at radius 1 is 0.228 bits per heavy atom. The molecule has 0 amide bonds. The van der Waals surface area contributed by atoms with Gasteiger partial charge in [0.25, 0.3) is 0 Å². The van der Waals surface area contributed by atoms with Crippen molar-refractivity contribution < 1.29 is 87.3 Å². The second kappa shape index (κ2) is 12.3. The van der Waals surface area contributed by atoms with E-state index in [1.807, 2.05) is 0 Å². The molecule has 9 rings (SSSR count). The number of benzene rings is 4. The average Bonchev–Trinajstić information content (AvgIpc) is 3.92. The zero-order valence-electron chi connectivity index (χ0n) is 26.0. The summed E-state index contributed by atoms with van der Waals surface area (Å²) >= 11 is 0. The van der Waals surface area contributed by atoms with Crippen LogP contribution in [-0.2, 0) is 17.1 Å². The molecule has 7 aromatic rings. The number of halogens is 16. The summed E-state index contributed by atoms with van der Waals surface area (Å²) in [5.74, 6) is -44.8. The molecule has 8 bridgehead atoms. The summed E-state index contributed by atoms with van der Waals surface area (Å²) in [5.41, 5.74) is -11.8. The number of aromatic nitrogens is 8. The zero-order valence-corrected chi connectivity index (χ0v) is 27.2. The maximum atomic E-state index is 15.4. The first-order valence-electron chi connectivity index (χ1n) is 14.6. The number of hydrogen-bond acceptors (Lipinski definition) is 6. The summed E-state index contributed by atoms with van der Waals surface area (Å²) in [5, 5.41) is -6.07. The molecular weight excluding hydrogens is 855 g/mol. The van der Waals surface area contributed by atoms with Crippen LogP contribution in [0.3, 0.4) is 0 Å². The average molecular weight is 855 g/mol. The Morgan fingerprint density at radius 2 is 0.404 bits per heavy atom. The minimum Gasteiger partial charge on any atom is -0.357 e. The molecule has 0 fully saturated rings. The molecule has 0 unspecified atom stereocenters. The van der Waals surface area contributed by atoms with E-state index in [-0.39, 0.29) is 17.1 Å². The van der Waals surface area contributed by atoms with Crippen LogP contribution in [0.1, 0.15) is 0 Å². The Labute approximate surface area is 309 Å². The van der Waals surface area contributed by atoms with E-state index in [9.17, 15) is 35.1 Å². The smallest absolute Gasteiger partial charge is 0.357 e. The predicted octanol–water partition coefficient (Wildman–Crippen LogP) is 8.35. The Bertz CT molecular complexity index is 2820. The molecule has 0 N–H and O–H groups in total. The van der Waals surface area contributed by atoms with Gasteiger partial charge in [0, 0.05) is 44.1 Å². The van der Waals surface area contributed by atoms with Crippen molar-refractivity contribution >= 4 is 44.1 Å². The van der Waals surface area contributed by atoms with E-state index in [0.717, 1.165) is 0 Å². The molecule has 57 heavy (non-hydrogen) atoms. The third-order valence-electron chi connectivity index (χ3n) is 8.55. The van der Waals surface area contributed by atoms with Crippen LogP contribution in [-0.4, -0.2) is 29.9 Å². The van der Waals surface area contributed by atoms with Gasteiger partial charge in [0.05, 0.1) is 45.6 Å². The summed E-state index contributed by atoms with van der Waals surface area (Å²) in [6.45, 7) is 0.